The Labute approximate surface area is 112 Å². The van der Waals surface area contributed by atoms with Crippen LogP contribution >= 0.6 is 22.6 Å². The number of oxime groups is 1. The first-order chi connectivity index (χ1) is 7.82. The molecule has 0 N–H and O–H groups in total. The molecule has 4 aliphatic rings. The predicted molar refractivity (Wildman–Crippen MR) is 75.3 cm³/mol. The van der Waals surface area contributed by atoms with E-state index in [-0.39, 0.29) is 5.60 Å². The number of alkyl halides is 1. The van der Waals surface area contributed by atoms with Gasteiger partial charge in [-0.25, -0.2) is 0 Å². The highest BCUT2D eigenvalue weighted by Crippen LogP contribution is 2.43. The lowest BCUT2D eigenvalue weighted by molar-refractivity contribution is -0.136. The summed E-state index contributed by atoms with van der Waals surface area (Å²) < 4.78 is 0. The Morgan fingerprint density at radius 3 is 2.56 bits per heavy atom. The van der Waals surface area contributed by atoms with Gasteiger partial charge in [0, 0.05) is 18.9 Å². The second kappa shape index (κ2) is 5.21. The molecule has 4 heterocycles. The molecule has 0 radical (unpaired) electrons. The van der Waals surface area contributed by atoms with Crippen molar-refractivity contribution in [1.29, 1.82) is 0 Å². The van der Waals surface area contributed by atoms with E-state index in [4.69, 9.17) is 4.84 Å². The minimum absolute atomic E-state index is 0.0852. The van der Waals surface area contributed by atoms with Gasteiger partial charge >= 0.3 is 0 Å². The van der Waals surface area contributed by atoms with Crippen molar-refractivity contribution in [3.63, 3.8) is 0 Å². The van der Waals surface area contributed by atoms with Gasteiger partial charge in [0.1, 0.15) is 0 Å². The summed E-state index contributed by atoms with van der Waals surface area (Å²) in [7, 11) is 0. The molecule has 0 aromatic heterocycles. The largest absolute Gasteiger partial charge is 0.387 e. The van der Waals surface area contributed by atoms with Crippen LogP contribution in [0.15, 0.2) is 5.16 Å². The number of nitrogens with zero attached hydrogens (tertiary/aromatic N) is 2. The van der Waals surface area contributed by atoms with E-state index in [0.29, 0.717) is 0 Å². The molecule has 3 saturated heterocycles. The second-order valence-electron chi connectivity index (χ2n) is 4.89. The molecular weight excluding hydrogens is 315 g/mol. The van der Waals surface area contributed by atoms with Crippen molar-refractivity contribution < 1.29 is 4.84 Å². The summed E-state index contributed by atoms with van der Waals surface area (Å²) >= 11 is 2.15. The molecule has 0 saturated carbocycles. The third-order valence-corrected chi connectivity index (χ3v) is 4.09. The number of piperidine rings is 3. The fraction of sp³-hybridized carbons (Fsp3) is 0.917. The van der Waals surface area contributed by atoms with E-state index in [2.05, 4.69) is 39.6 Å². The molecule has 4 rings (SSSR count). The monoisotopic (exact) mass is 336 g/mol. The van der Waals surface area contributed by atoms with Crippen LogP contribution in [-0.4, -0.2) is 40.8 Å². The van der Waals surface area contributed by atoms with Crippen molar-refractivity contribution in [3.8, 4) is 0 Å². The Bertz CT molecular complexity index is 274. The normalized spacial score (nSPS) is 40.1. The molecule has 1 spiro atoms. The molecule has 1 unspecified atom stereocenters. The van der Waals surface area contributed by atoms with E-state index < -0.39 is 0 Å². The minimum Gasteiger partial charge on any atom is -0.387 e. The number of halogens is 1. The Morgan fingerprint density at radius 1 is 1.44 bits per heavy atom. The van der Waals surface area contributed by atoms with Gasteiger partial charge in [-0.2, -0.15) is 0 Å². The zero-order valence-corrected chi connectivity index (χ0v) is 12.4. The van der Waals surface area contributed by atoms with Crippen LogP contribution in [0.3, 0.4) is 0 Å². The van der Waals surface area contributed by atoms with Crippen LogP contribution in [0.5, 0.6) is 0 Å². The van der Waals surface area contributed by atoms with Gasteiger partial charge in [-0.05, 0) is 37.3 Å². The third-order valence-electron chi connectivity index (χ3n) is 4.09. The molecule has 1 atom stereocenters. The predicted octanol–water partition coefficient (Wildman–Crippen LogP) is 2.69. The van der Waals surface area contributed by atoms with Gasteiger partial charge in [-0.1, -0.05) is 34.7 Å². The van der Waals surface area contributed by atoms with Gasteiger partial charge in [0.2, 0.25) is 0 Å². The summed E-state index contributed by atoms with van der Waals surface area (Å²) in [5.41, 5.74) is 1.35. The first-order valence-corrected chi connectivity index (χ1v) is 8.32. The fourth-order valence-electron chi connectivity index (χ4n) is 3.18. The average Bonchev–Trinajstić information content (AvgIpc) is 2.76. The lowest BCUT2D eigenvalue weighted by Gasteiger charge is -2.49. The molecule has 4 heteroatoms. The quantitative estimate of drug-likeness (QED) is 0.543. The number of fused-ring (bicyclic) bond motifs is 2. The lowest BCUT2D eigenvalue weighted by Crippen LogP contribution is -2.59. The van der Waals surface area contributed by atoms with Crippen molar-refractivity contribution in [2.24, 2.45) is 11.1 Å². The van der Waals surface area contributed by atoms with E-state index in [0.717, 1.165) is 25.3 Å². The van der Waals surface area contributed by atoms with Crippen LogP contribution in [0.25, 0.3) is 0 Å². The molecule has 0 amide bonds. The van der Waals surface area contributed by atoms with E-state index in [1.807, 2.05) is 4.93 Å². The molecule has 2 bridgehead atoms. The fourth-order valence-corrected chi connectivity index (χ4v) is 3.18. The van der Waals surface area contributed by atoms with Crippen LogP contribution < -0.4 is 0 Å². The summed E-state index contributed by atoms with van der Waals surface area (Å²) in [5, 5.41) is 4.24. The highest BCUT2D eigenvalue weighted by atomic mass is 127. The second-order valence-corrected chi connectivity index (χ2v) is 4.89. The SMILES string of the molecule is CCC1=NOC2(C1)CN1CCC2CC1.CI. The molecule has 16 heavy (non-hydrogen) atoms. The van der Waals surface area contributed by atoms with Crippen LogP contribution in [0, 0.1) is 5.92 Å². The maximum atomic E-state index is 5.77. The van der Waals surface area contributed by atoms with Crippen molar-refractivity contribution in [2.45, 2.75) is 38.2 Å². The molecule has 0 aliphatic carbocycles. The van der Waals surface area contributed by atoms with Gasteiger partial charge in [0.05, 0.1) is 5.71 Å². The molecule has 92 valence electrons. The summed E-state index contributed by atoms with van der Waals surface area (Å²) in [5.74, 6) is 0.764. The number of rotatable bonds is 1. The maximum absolute atomic E-state index is 5.77. The van der Waals surface area contributed by atoms with E-state index in [1.165, 1.54) is 31.6 Å². The Kier molecular flexibility index (Phi) is 4.11. The summed E-state index contributed by atoms with van der Waals surface area (Å²) in [6.45, 7) is 5.84. The van der Waals surface area contributed by atoms with Crippen molar-refractivity contribution in [2.75, 3.05) is 24.6 Å². The first-order valence-electron chi connectivity index (χ1n) is 6.16. The van der Waals surface area contributed by atoms with E-state index in [1.54, 1.807) is 0 Å². The van der Waals surface area contributed by atoms with Crippen molar-refractivity contribution >= 4 is 28.3 Å². The van der Waals surface area contributed by atoms with Crippen LogP contribution in [0.1, 0.15) is 32.6 Å². The Hall–Kier alpha value is 0.160. The number of hydrogen-bond donors (Lipinski definition) is 0. The number of hydrogen-bond acceptors (Lipinski definition) is 3. The smallest absolute Gasteiger partial charge is 0.158 e. The zero-order chi connectivity index (χ0) is 11.6. The minimum atomic E-state index is 0.0852. The summed E-state index contributed by atoms with van der Waals surface area (Å²) in [4.78, 5) is 10.3. The van der Waals surface area contributed by atoms with Gasteiger partial charge in [-0.15, -0.1) is 0 Å². The Morgan fingerprint density at radius 2 is 2.12 bits per heavy atom. The van der Waals surface area contributed by atoms with Gasteiger partial charge in [0.15, 0.2) is 5.60 Å². The average molecular weight is 336 g/mol. The zero-order valence-electron chi connectivity index (χ0n) is 10.2. The molecule has 3 fully saturated rings. The van der Waals surface area contributed by atoms with E-state index >= 15 is 0 Å². The highest BCUT2D eigenvalue weighted by Gasteiger charge is 2.51. The van der Waals surface area contributed by atoms with Gasteiger partial charge in [-0.3, -0.25) is 4.90 Å². The van der Waals surface area contributed by atoms with Crippen LogP contribution in [-0.2, 0) is 4.84 Å². The molecule has 0 aromatic carbocycles. The van der Waals surface area contributed by atoms with Gasteiger partial charge in [0.25, 0.3) is 0 Å². The molecule has 4 aliphatic heterocycles. The molecule has 3 nitrogen and oxygen atoms in total. The third kappa shape index (κ3) is 2.10. The molecule has 0 aromatic rings. The van der Waals surface area contributed by atoms with Crippen LogP contribution in [0.4, 0.5) is 0 Å². The standard InChI is InChI=1S/C11H18N2O.CH3I/c1-2-10-7-11(14-12-10)8-13-5-3-9(11)4-6-13;1-2/h9H,2-8H2,1H3;1H3. The summed E-state index contributed by atoms with van der Waals surface area (Å²) in [6, 6.07) is 0. The summed E-state index contributed by atoms with van der Waals surface area (Å²) in [6.07, 6.45) is 4.76. The topological polar surface area (TPSA) is 24.8 Å². The van der Waals surface area contributed by atoms with Crippen LogP contribution in [0.2, 0.25) is 0 Å². The van der Waals surface area contributed by atoms with Crippen molar-refractivity contribution in [1.82, 2.24) is 4.90 Å². The lowest BCUT2D eigenvalue weighted by atomic mass is 9.73. The maximum Gasteiger partial charge on any atom is 0.158 e. The van der Waals surface area contributed by atoms with Gasteiger partial charge < -0.3 is 4.84 Å². The Balaban J connectivity index is 0.000000457. The molecular formula is C12H21IN2O. The van der Waals surface area contributed by atoms with E-state index in [9.17, 15) is 0 Å². The highest BCUT2D eigenvalue weighted by molar-refractivity contribution is 14.1. The first kappa shape index (κ1) is 12.6. The van der Waals surface area contributed by atoms with Crippen molar-refractivity contribution in [3.05, 3.63) is 0 Å².